The highest BCUT2D eigenvalue weighted by molar-refractivity contribution is 5.64. The summed E-state index contributed by atoms with van der Waals surface area (Å²) in [5, 5.41) is 14.3. The first-order valence-electron chi connectivity index (χ1n) is 8.30. The number of ether oxygens (including phenoxy) is 2. The molecular weight excluding hydrogens is 329 g/mol. The van der Waals surface area contributed by atoms with Crippen LogP contribution >= 0.6 is 0 Å². The maximum absolute atomic E-state index is 13.8. The summed E-state index contributed by atoms with van der Waals surface area (Å²) in [7, 11) is 1.33. The van der Waals surface area contributed by atoms with Gasteiger partial charge >= 0.3 is 0 Å². The minimum atomic E-state index is -0.755. The molecule has 0 aliphatic carbocycles. The van der Waals surface area contributed by atoms with E-state index in [0.717, 1.165) is 19.2 Å². The Hall–Kier alpha value is -1.93. The van der Waals surface area contributed by atoms with Gasteiger partial charge in [0, 0.05) is 31.2 Å². The molecular formula is C17H26FN3O4. The number of hydrogen-bond donors (Lipinski definition) is 1. The fourth-order valence-corrected chi connectivity index (χ4v) is 3.09. The van der Waals surface area contributed by atoms with Gasteiger partial charge in [-0.15, -0.1) is 0 Å². The Balaban J connectivity index is 2.17. The number of anilines is 1. The number of nitrogens with one attached hydrogen (secondary N) is 1. The van der Waals surface area contributed by atoms with Gasteiger partial charge in [0.25, 0.3) is 5.69 Å². The first-order valence-corrected chi connectivity index (χ1v) is 8.30. The Bertz CT molecular complexity index is 629. The molecule has 0 radical (unpaired) electrons. The highest BCUT2D eigenvalue weighted by Gasteiger charge is 2.33. The minimum Gasteiger partial charge on any atom is -0.494 e. The molecule has 0 amide bonds. The van der Waals surface area contributed by atoms with Gasteiger partial charge in [-0.2, -0.15) is 0 Å². The molecule has 0 saturated carbocycles. The maximum Gasteiger partial charge on any atom is 0.295 e. The molecule has 0 aromatic heterocycles. The predicted octanol–water partition coefficient (Wildman–Crippen LogP) is 3.04. The first-order chi connectivity index (χ1) is 11.6. The van der Waals surface area contributed by atoms with Crippen molar-refractivity contribution in [3.05, 3.63) is 28.1 Å². The van der Waals surface area contributed by atoms with Crippen LogP contribution in [0.4, 0.5) is 15.8 Å². The number of morpholine rings is 1. The summed E-state index contributed by atoms with van der Waals surface area (Å²) in [5.41, 5.74) is -0.328. The summed E-state index contributed by atoms with van der Waals surface area (Å²) in [6, 6.07) is 2.21. The van der Waals surface area contributed by atoms with Gasteiger partial charge in [-0.05, 0) is 27.7 Å². The molecule has 1 saturated heterocycles. The van der Waals surface area contributed by atoms with Gasteiger partial charge in [0.15, 0.2) is 11.6 Å². The van der Waals surface area contributed by atoms with E-state index in [1.54, 1.807) is 0 Å². The zero-order chi connectivity index (χ0) is 18.8. The summed E-state index contributed by atoms with van der Waals surface area (Å²) < 4.78 is 24.5. The summed E-state index contributed by atoms with van der Waals surface area (Å²) in [5.74, 6) is -0.783. The summed E-state index contributed by atoms with van der Waals surface area (Å²) in [4.78, 5) is 12.9. The average Bonchev–Trinajstić information content (AvgIpc) is 2.52. The molecule has 1 aromatic carbocycles. The fourth-order valence-electron chi connectivity index (χ4n) is 3.09. The van der Waals surface area contributed by atoms with Crippen LogP contribution in [0.2, 0.25) is 0 Å². The minimum absolute atomic E-state index is 0.0282. The Labute approximate surface area is 147 Å². The normalized spacial score (nSPS) is 21.8. The lowest BCUT2D eigenvalue weighted by Crippen LogP contribution is -2.57. The van der Waals surface area contributed by atoms with Crippen molar-refractivity contribution in [2.45, 2.75) is 45.4 Å². The van der Waals surface area contributed by atoms with Crippen molar-refractivity contribution >= 4 is 11.4 Å². The second-order valence-electron chi connectivity index (χ2n) is 7.09. The van der Waals surface area contributed by atoms with E-state index < -0.39 is 10.7 Å². The fraction of sp³-hybridized carbons (Fsp3) is 0.647. The van der Waals surface area contributed by atoms with Crippen molar-refractivity contribution in [2.24, 2.45) is 0 Å². The number of methoxy groups -OCH3 is 1. The van der Waals surface area contributed by atoms with Gasteiger partial charge in [-0.3, -0.25) is 15.0 Å². The zero-order valence-electron chi connectivity index (χ0n) is 15.3. The van der Waals surface area contributed by atoms with Crippen LogP contribution < -0.4 is 10.1 Å². The standard InChI is InChI=1S/C17H26FN3O4/c1-11-8-20(9-12(2)25-11)17(3,4)10-19-14-7-16(24-5)13(18)6-15(14)21(22)23/h6-7,11-12,19H,8-10H2,1-5H3. The van der Waals surface area contributed by atoms with E-state index in [4.69, 9.17) is 9.47 Å². The number of nitro groups is 1. The van der Waals surface area contributed by atoms with Gasteiger partial charge in [0.05, 0.1) is 30.3 Å². The lowest BCUT2D eigenvalue weighted by Gasteiger charge is -2.45. The summed E-state index contributed by atoms with van der Waals surface area (Å²) in [6.45, 7) is 10.2. The molecule has 0 spiro atoms. The Morgan fingerprint density at radius 1 is 1.40 bits per heavy atom. The Morgan fingerprint density at radius 3 is 2.52 bits per heavy atom. The quantitative estimate of drug-likeness (QED) is 0.624. The number of nitrogens with zero attached hydrogens (tertiary/aromatic N) is 2. The predicted molar refractivity (Wildman–Crippen MR) is 93.8 cm³/mol. The molecule has 1 fully saturated rings. The van der Waals surface area contributed by atoms with E-state index in [1.165, 1.54) is 13.2 Å². The van der Waals surface area contributed by atoms with Crippen molar-refractivity contribution in [1.82, 2.24) is 4.90 Å². The largest absolute Gasteiger partial charge is 0.494 e. The third kappa shape index (κ3) is 4.58. The lowest BCUT2D eigenvalue weighted by molar-refractivity contribution is -0.384. The van der Waals surface area contributed by atoms with E-state index in [0.29, 0.717) is 6.54 Å². The number of hydrogen-bond acceptors (Lipinski definition) is 6. The van der Waals surface area contributed by atoms with Gasteiger partial charge < -0.3 is 14.8 Å². The number of nitro benzene ring substituents is 1. The van der Waals surface area contributed by atoms with Crippen LogP contribution in [0, 0.1) is 15.9 Å². The van der Waals surface area contributed by atoms with Crippen LogP contribution in [0.1, 0.15) is 27.7 Å². The van der Waals surface area contributed by atoms with Crippen LogP contribution in [0.25, 0.3) is 0 Å². The van der Waals surface area contributed by atoms with Crippen LogP contribution in [-0.2, 0) is 4.74 Å². The second kappa shape index (κ2) is 7.53. The van der Waals surface area contributed by atoms with Gasteiger partial charge in [-0.1, -0.05) is 0 Å². The van der Waals surface area contributed by atoms with E-state index in [2.05, 4.69) is 24.1 Å². The molecule has 2 rings (SSSR count). The highest BCUT2D eigenvalue weighted by atomic mass is 19.1. The third-order valence-electron chi connectivity index (χ3n) is 4.45. The SMILES string of the molecule is COc1cc(NCC(C)(C)N2CC(C)OC(C)C2)c([N+](=O)[O-])cc1F. The summed E-state index contributed by atoms with van der Waals surface area (Å²) >= 11 is 0. The molecule has 25 heavy (non-hydrogen) atoms. The smallest absolute Gasteiger partial charge is 0.295 e. The van der Waals surface area contributed by atoms with Gasteiger partial charge in [0.2, 0.25) is 0 Å². The van der Waals surface area contributed by atoms with Crippen LogP contribution in [0.3, 0.4) is 0 Å². The van der Waals surface area contributed by atoms with Crippen molar-refractivity contribution < 1.29 is 18.8 Å². The Kier molecular flexibility index (Phi) is 5.84. The maximum atomic E-state index is 13.8. The molecule has 7 nitrogen and oxygen atoms in total. The van der Waals surface area contributed by atoms with E-state index >= 15 is 0 Å². The zero-order valence-corrected chi connectivity index (χ0v) is 15.3. The lowest BCUT2D eigenvalue weighted by atomic mass is 10.00. The van der Waals surface area contributed by atoms with Crippen molar-refractivity contribution in [1.29, 1.82) is 0 Å². The monoisotopic (exact) mass is 355 g/mol. The van der Waals surface area contributed by atoms with Crippen LogP contribution in [0.5, 0.6) is 5.75 Å². The molecule has 1 aliphatic rings. The van der Waals surface area contributed by atoms with Crippen LogP contribution in [0.15, 0.2) is 12.1 Å². The molecule has 140 valence electrons. The molecule has 1 aromatic rings. The van der Waals surface area contributed by atoms with E-state index in [1.807, 2.05) is 13.8 Å². The molecule has 0 bridgehead atoms. The van der Waals surface area contributed by atoms with E-state index in [-0.39, 0.29) is 34.9 Å². The van der Waals surface area contributed by atoms with Crippen molar-refractivity contribution in [3.8, 4) is 5.75 Å². The number of rotatable bonds is 6. The molecule has 2 atom stereocenters. The van der Waals surface area contributed by atoms with E-state index in [9.17, 15) is 14.5 Å². The van der Waals surface area contributed by atoms with Gasteiger partial charge in [0.1, 0.15) is 5.69 Å². The second-order valence-corrected chi connectivity index (χ2v) is 7.09. The molecule has 1 aliphatic heterocycles. The average molecular weight is 355 g/mol. The molecule has 1 N–H and O–H groups in total. The first kappa shape index (κ1) is 19.4. The Morgan fingerprint density at radius 2 is 2.00 bits per heavy atom. The van der Waals surface area contributed by atoms with Crippen LogP contribution in [-0.4, -0.2) is 54.3 Å². The third-order valence-corrected chi connectivity index (χ3v) is 4.45. The van der Waals surface area contributed by atoms with Crippen molar-refractivity contribution in [3.63, 3.8) is 0 Å². The highest BCUT2D eigenvalue weighted by Crippen LogP contribution is 2.32. The number of benzene rings is 1. The summed E-state index contributed by atoms with van der Waals surface area (Å²) in [6.07, 6.45) is 0.256. The topological polar surface area (TPSA) is 76.9 Å². The van der Waals surface area contributed by atoms with Gasteiger partial charge in [-0.25, -0.2) is 4.39 Å². The van der Waals surface area contributed by atoms with Crippen molar-refractivity contribution in [2.75, 3.05) is 32.1 Å². The molecule has 1 heterocycles. The molecule has 2 unspecified atom stereocenters. The number of halogens is 1. The molecule has 8 heteroatoms.